The molecule has 0 saturated carbocycles. The first-order chi connectivity index (χ1) is 13.3. The number of non-ortho nitro benzene ring substituents is 1. The monoisotopic (exact) mass is 385 g/mol. The first kappa shape index (κ1) is 19.5. The summed E-state index contributed by atoms with van der Waals surface area (Å²) in [6.07, 6.45) is 0.986. The number of carbonyl (C=O) groups excluding carboxylic acids is 2. The summed E-state index contributed by atoms with van der Waals surface area (Å²) in [4.78, 5) is 37.1. The van der Waals surface area contributed by atoms with Crippen LogP contribution >= 0.6 is 0 Å². The number of likely N-dealkylation sites (tertiary alicyclic amines) is 1. The van der Waals surface area contributed by atoms with Crippen LogP contribution in [0.4, 0.5) is 15.8 Å². The molecule has 0 atom stereocenters. The van der Waals surface area contributed by atoms with Gasteiger partial charge in [-0.25, -0.2) is 4.39 Å². The maximum Gasteiger partial charge on any atom is 0.271 e. The third-order valence-corrected chi connectivity index (χ3v) is 4.93. The molecule has 1 aliphatic rings. The van der Waals surface area contributed by atoms with Gasteiger partial charge in [0.15, 0.2) is 0 Å². The van der Waals surface area contributed by atoms with E-state index in [1.165, 1.54) is 36.4 Å². The zero-order valence-corrected chi connectivity index (χ0v) is 15.4. The van der Waals surface area contributed by atoms with Crippen molar-refractivity contribution in [2.45, 2.75) is 19.8 Å². The molecule has 3 rings (SSSR count). The van der Waals surface area contributed by atoms with Crippen LogP contribution < -0.4 is 5.32 Å². The third-order valence-electron chi connectivity index (χ3n) is 4.93. The molecule has 2 aromatic carbocycles. The van der Waals surface area contributed by atoms with Gasteiger partial charge in [-0.15, -0.1) is 0 Å². The van der Waals surface area contributed by atoms with Gasteiger partial charge in [-0.1, -0.05) is 6.07 Å². The molecule has 0 bridgehead atoms. The van der Waals surface area contributed by atoms with E-state index in [9.17, 15) is 24.1 Å². The number of amides is 2. The number of anilines is 1. The van der Waals surface area contributed by atoms with Gasteiger partial charge in [0, 0.05) is 36.7 Å². The van der Waals surface area contributed by atoms with Crippen LogP contribution in [0.5, 0.6) is 0 Å². The van der Waals surface area contributed by atoms with E-state index >= 15 is 0 Å². The molecule has 28 heavy (non-hydrogen) atoms. The Bertz CT molecular complexity index is 906. The van der Waals surface area contributed by atoms with Gasteiger partial charge in [0.05, 0.1) is 10.6 Å². The van der Waals surface area contributed by atoms with E-state index in [-0.39, 0.29) is 23.4 Å². The predicted molar refractivity (Wildman–Crippen MR) is 101 cm³/mol. The topological polar surface area (TPSA) is 92.6 Å². The molecule has 2 aromatic rings. The molecule has 1 heterocycles. The molecular weight excluding hydrogens is 365 g/mol. The smallest absolute Gasteiger partial charge is 0.271 e. The van der Waals surface area contributed by atoms with Crippen molar-refractivity contribution in [2.75, 3.05) is 18.4 Å². The van der Waals surface area contributed by atoms with Crippen molar-refractivity contribution < 1.29 is 18.9 Å². The van der Waals surface area contributed by atoms with Gasteiger partial charge in [-0.2, -0.15) is 0 Å². The molecule has 1 fully saturated rings. The molecule has 7 nitrogen and oxygen atoms in total. The van der Waals surface area contributed by atoms with Crippen molar-refractivity contribution in [1.82, 2.24) is 4.90 Å². The Morgan fingerprint density at radius 3 is 2.39 bits per heavy atom. The van der Waals surface area contributed by atoms with E-state index in [1.54, 1.807) is 17.9 Å². The van der Waals surface area contributed by atoms with Crippen molar-refractivity contribution in [3.05, 3.63) is 69.5 Å². The van der Waals surface area contributed by atoms with Crippen LogP contribution in [0.2, 0.25) is 0 Å². The number of piperidine rings is 1. The molecular formula is C20H20FN3O4. The van der Waals surface area contributed by atoms with E-state index in [1.807, 2.05) is 0 Å². The second-order valence-electron chi connectivity index (χ2n) is 6.82. The number of nitro benzene ring substituents is 1. The SMILES string of the molecule is Cc1ccc([N+](=O)[O-])cc1NC(=O)C1CCN(C(=O)c2ccc(F)cc2)CC1. The molecule has 1 N–H and O–H groups in total. The quantitative estimate of drug-likeness (QED) is 0.644. The summed E-state index contributed by atoms with van der Waals surface area (Å²) in [7, 11) is 0. The molecule has 0 spiro atoms. The third kappa shape index (κ3) is 4.33. The van der Waals surface area contributed by atoms with Gasteiger partial charge in [0.2, 0.25) is 5.91 Å². The molecule has 0 unspecified atom stereocenters. The minimum atomic E-state index is -0.505. The predicted octanol–water partition coefficient (Wildman–Crippen LogP) is 3.53. The Morgan fingerprint density at radius 1 is 1.14 bits per heavy atom. The number of rotatable bonds is 4. The molecule has 146 valence electrons. The van der Waals surface area contributed by atoms with Crippen LogP contribution in [0, 0.1) is 28.8 Å². The lowest BCUT2D eigenvalue weighted by Gasteiger charge is -2.31. The van der Waals surface area contributed by atoms with Crippen molar-refractivity contribution in [1.29, 1.82) is 0 Å². The van der Waals surface area contributed by atoms with Gasteiger partial charge in [0.25, 0.3) is 11.6 Å². The Morgan fingerprint density at radius 2 is 1.79 bits per heavy atom. The number of halogens is 1. The Labute approximate surface area is 161 Å². The summed E-state index contributed by atoms with van der Waals surface area (Å²) in [6.45, 7) is 2.60. The molecule has 8 heteroatoms. The minimum Gasteiger partial charge on any atom is -0.339 e. The number of carbonyl (C=O) groups is 2. The van der Waals surface area contributed by atoms with E-state index < -0.39 is 10.7 Å². The highest BCUT2D eigenvalue weighted by Gasteiger charge is 2.28. The first-order valence-electron chi connectivity index (χ1n) is 8.96. The number of benzene rings is 2. The Kier molecular flexibility index (Phi) is 5.67. The Balaban J connectivity index is 1.59. The highest BCUT2D eigenvalue weighted by atomic mass is 19.1. The molecule has 1 saturated heterocycles. The van der Waals surface area contributed by atoms with Crippen molar-refractivity contribution in [2.24, 2.45) is 5.92 Å². The fraction of sp³-hybridized carbons (Fsp3) is 0.300. The van der Waals surface area contributed by atoms with E-state index in [0.717, 1.165) is 5.56 Å². The van der Waals surface area contributed by atoms with Crippen molar-refractivity contribution in [3.63, 3.8) is 0 Å². The number of hydrogen-bond donors (Lipinski definition) is 1. The number of aryl methyl sites for hydroxylation is 1. The highest BCUT2D eigenvalue weighted by Crippen LogP contribution is 2.25. The summed E-state index contributed by atoms with van der Waals surface area (Å²) in [5.74, 6) is -1.08. The van der Waals surface area contributed by atoms with Crippen LogP contribution in [0.15, 0.2) is 42.5 Å². The standard InChI is InChI=1S/C20H20FN3O4/c1-13-2-7-17(24(27)28)12-18(13)22-19(25)14-8-10-23(11-9-14)20(26)15-3-5-16(21)6-4-15/h2-7,12,14H,8-11H2,1H3,(H,22,25). The first-order valence-corrected chi connectivity index (χ1v) is 8.96. The lowest BCUT2D eigenvalue weighted by Crippen LogP contribution is -2.41. The largest absolute Gasteiger partial charge is 0.339 e. The summed E-state index contributed by atoms with van der Waals surface area (Å²) in [6, 6.07) is 9.72. The summed E-state index contributed by atoms with van der Waals surface area (Å²) >= 11 is 0. The maximum absolute atomic E-state index is 13.0. The van der Waals surface area contributed by atoms with Crippen LogP contribution in [0.1, 0.15) is 28.8 Å². The summed E-state index contributed by atoms with van der Waals surface area (Å²) < 4.78 is 13.0. The van der Waals surface area contributed by atoms with Crippen LogP contribution in [-0.2, 0) is 4.79 Å². The normalized spacial score (nSPS) is 14.6. The maximum atomic E-state index is 13.0. The average Bonchev–Trinajstić information content (AvgIpc) is 2.69. The van der Waals surface area contributed by atoms with Crippen molar-refractivity contribution in [3.8, 4) is 0 Å². The van der Waals surface area contributed by atoms with Crippen molar-refractivity contribution >= 4 is 23.2 Å². The number of nitro groups is 1. The van der Waals surface area contributed by atoms with Crippen LogP contribution in [-0.4, -0.2) is 34.7 Å². The van der Waals surface area contributed by atoms with Gasteiger partial charge >= 0.3 is 0 Å². The van der Waals surface area contributed by atoms with E-state index in [2.05, 4.69) is 5.32 Å². The Hall–Kier alpha value is -3.29. The molecule has 0 aromatic heterocycles. The fourth-order valence-corrected chi connectivity index (χ4v) is 3.21. The van der Waals surface area contributed by atoms with E-state index in [4.69, 9.17) is 0 Å². The number of nitrogens with zero attached hydrogens (tertiary/aromatic N) is 2. The average molecular weight is 385 g/mol. The lowest BCUT2D eigenvalue weighted by molar-refractivity contribution is -0.384. The summed E-state index contributed by atoms with van der Waals surface area (Å²) in [5.41, 5.74) is 1.49. The second kappa shape index (κ2) is 8.16. The van der Waals surface area contributed by atoms with Gasteiger partial charge in [0.1, 0.15) is 5.82 Å². The second-order valence-corrected chi connectivity index (χ2v) is 6.82. The fourth-order valence-electron chi connectivity index (χ4n) is 3.21. The zero-order chi connectivity index (χ0) is 20.3. The molecule has 1 aliphatic heterocycles. The summed E-state index contributed by atoms with van der Waals surface area (Å²) in [5, 5.41) is 13.7. The van der Waals surface area contributed by atoms with E-state index in [0.29, 0.717) is 37.2 Å². The number of hydrogen-bond acceptors (Lipinski definition) is 4. The van der Waals surface area contributed by atoms with Gasteiger partial charge in [-0.05, 0) is 49.6 Å². The molecule has 0 radical (unpaired) electrons. The molecule has 2 amide bonds. The lowest BCUT2D eigenvalue weighted by atomic mass is 9.95. The number of nitrogens with one attached hydrogen (secondary N) is 1. The minimum absolute atomic E-state index is 0.0828. The highest BCUT2D eigenvalue weighted by molar-refractivity contribution is 5.95. The van der Waals surface area contributed by atoms with Crippen LogP contribution in [0.25, 0.3) is 0 Å². The van der Waals surface area contributed by atoms with Crippen LogP contribution in [0.3, 0.4) is 0 Å². The molecule has 0 aliphatic carbocycles. The van der Waals surface area contributed by atoms with Gasteiger partial charge < -0.3 is 10.2 Å². The van der Waals surface area contributed by atoms with Gasteiger partial charge in [-0.3, -0.25) is 19.7 Å². The zero-order valence-electron chi connectivity index (χ0n) is 15.4.